The number of nitrogens with one attached hydrogen (secondary N) is 1. The standard InChI is InChI=1S/C26H32ClN3O5/c1-4-34-22-11-10-21(16-23(22)35-5-2)28-24(31)17-29(3)25(32)19-12-14-30(15-13-19)26(33)18-6-8-20(27)9-7-18/h6-11,16,19H,4-5,12-15,17H2,1-3H3,(H,28,31). The molecule has 0 radical (unpaired) electrons. The van der Waals surface area contributed by atoms with E-state index in [9.17, 15) is 14.4 Å². The van der Waals surface area contributed by atoms with Gasteiger partial charge in [0.25, 0.3) is 5.91 Å². The summed E-state index contributed by atoms with van der Waals surface area (Å²) >= 11 is 5.90. The van der Waals surface area contributed by atoms with E-state index in [1.165, 1.54) is 4.90 Å². The molecule has 1 fully saturated rings. The number of benzene rings is 2. The van der Waals surface area contributed by atoms with Crippen LogP contribution in [0.25, 0.3) is 0 Å². The first-order valence-corrected chi connectivity index (χ1v) is 12.2. The predicted molar refractivity (Wildman–Crippen MR) is 135 cm³/mol. The van der Waals surface area contributed by atoms with Crippen molar-refractivity contribution < 1.29 is 23.9 Å². The van der Waals surface area contributed by atoms with Gasteiger partial charge in [0.2, 0.25) is 11.8 Å². The summed E-state index contributed by atoms with van der Waals surface area (Å²) in [6.45, 7) is 5.65. The molecule has 1 aliphatic rings. The summed E-state index contributed by atoms with van der Waals surface area (Å²) in [7, 11) is 1.62. The van der Waals surface area contributed by atoms with Gasteiger partial charge in [-0.15, -0.1) is 0 Å². The van der Waals surface area contributed by atoms with Gasteiger partial charge in [-0.05, 0) is 63.1 Å². The summed E-state index contributed by atoms with van der Waals surface area (Å²) in [4.78, 5) is 41.4. The molecule has 0 aliphatic carbocycles. The highest BCUT2D eigenvalue weighted by atomic mass is 35.5. The van der Waals surface area contributed by atoms with Crippen LogP contribution in [0.15, 0.2) is 42.5 Å². The van der Waals surface area contributed by atoms with E-state index < -0.39 is 0 Å². The Labute approximate surface area is 211 Å². The first-order chi connectivity index (χ1) is 16.8. The summed E-state index contributed by atoms with van der Waals surface area (Å²) in [5.41, 5.74) is 1.14. The van der Waals surface area contributed by atoms with Crippen LogP contribution >= 0.6 is 11.6 Å². The maximum absolute atomic E-state index is 12.9. The number of carbonyl (C=O) groups is 3. The zero-order chi connectivity index (χ0) is 25.4. The van der Waals surface area contributed by atoms with E-state index in [0.717, 1.165) is 0 Å². The lowest BCUT2D eigenvalue weighted by atomic mass is 9.95. The highest BCUT2D eigenvalue weighted by Crippen LogP contribution is 2.30. The summed E-state index contributed by atoms with van der Waals surface area (Å²) in [6.07, 6.45) is 1.11. The summed E-state index contributed by atoms with van der Waals surface area (Å²) < 4.78 is 11.1. The zero-order valence-corrected chi connectivity index (χ0v) is 21.1. The molecule has 8 nitrogen and oxygen atoms in total. The normalized spacial score (nSPS) is 13.8. The van der Waals surface area contributed by atoms with Crippen LogP contribution in [0.5, 0.6) is 11.5 Å². The van der Waals surface area contributed by atoms with Gasteiger partial charge < -0.3 is 24.6 Å². The first-order valence-electron chi connectivity index (χ1n) is 11.8. The fourth-order valence-corrected chi connectivity index (χ4v) is 4.16. The molecule has 0 atom stereocenters. The molecule has 2 aromatic carbocycles. The van der Waals surface area contributed by atoms with Crippen LogP contribution in [-0.2, 0) is 9.59 Å². The maximum atomic E-state index is 12.9. The Kier molecular flexibility index (Phi) is 9.37. The van der Waals surface area contributed by atoms with Crippen LogP contribution in [0, 0.1) is 5.92 Å². The number of hydrogen-bond acceptors (Lipinski definition) is 5. The second kappa shape index (κ2) is 12.4. The molecule has 1 N–H and O–H groups in total. The molecule has 1 heterocycles. The van der Waals surface area contributed by atoms with Crippen molar-refractivity contribution in [2.45, 2.75) is 26.7 Å². The SMILES string of the molecule is CCOc1ccc(NC(=O)CN(C)C(=O)C2CCN(C(=O)c3ccc(Cl)cc3)CC2)cc1OCC. The van der Waals surface area contributed by atoms with E-state index >= 15 is 0 Å². The Bertz CT molecular complexity index is 1040. The summed E-state index contributed by atoms with van der Waals surface area (Å²) in [6, 6.07) is 12.0. The van der Waals surface area contributed by atoms with E-state index in [2.05, 4.69) is 5.32 Å². The summed E-state index contributed by atoms with van der Waals surface area (Å²) in [5, 5.41) is 3.39. The molecule has 9 heteroatoms. The van der Waals surface area contributed by atoms with Gasteiger partial charge in [0.05, 0.1) is 19.8 Å². The van der Waals surface area contributed by atoms with Crippen molar-refractivity contribution in [3.05, 3.63) is 53.1 Å². The van der Waals surface area contributed by atoms with Gasteiger partial charge in [-0.3, -0.25) is 14.4 Å². The molecule has 2 aromatic rings. The predicted octanol–water partition coefficient (Wildman–Crippen LogP) is 4.09. The minimum Gasteiger partial charge on any atom is -0.490 e. The van der Waals surface area contributed by atoms with Crippen molar-refractivity contribution in [2.24, 2.45) is 5.92 Å². The largest absolute Gasteiger partial charge is 0.490 e. The molecule has 3 rings (SSSR count). The number of carbonyl (C=O) groups excluding carboxylic acids is 3. The number of amides is 3. The Morgan fingerprint density at radius 3 is 2.26 bits per heavy atom. The fraction of sp³-hybridized carbons (Fsp3) is 0.423. The van der Waals surface area contributed by atoms with Gasteiger partial charge in [0, 0.05) is 48.4 Å². The smallest absolute Gasteiger partial charge is 0.253 e. The lowest BCUT2D eigenvalue weighted by Crippen LogP contribution is -2.45. The van der Waals surface area contributed by atoms with E-state index in [-0.39, 0.29) is 30.2 Å². The molecule has 0 unspecified atom stereocenters. The Balaban J connectivity index is 1.50. The molecule has 3 amide bonds. The molecule has 1 aliphatic heterocycles. The number of ether oxygens (including phenoxy) is 2. The van der Waals surface area contributed by atoms with Crippen molar-refractivity contribution in [1.29, 1.82) is 0 Å². The van der Waals surface area contributed by atoms with Crippen LogP contribution in [0.4, 0.5) is 5.69 Å². The topological polar surface area (TPSA) is 88.2 Å². The zero-order valence-electron chi connectivity index (χ0n) is 20.4. The molecule has 188 valence electrons. The minimum atomic E-state index is -0.303. The van der Waals surface area contributed by atoms with Crippen molar-refractivity contribution in [2.75, 3.05) is 45.2 Å². The molecule has 0 bridgehead atoms. The van der Waals surface area contributed by atoms with Gasteiger partial charge in [-0.25, -0.2) is 0 Å². The summed E-state index contributed by atoms with van der Waals surface area (Å²) in [5.74, 6) is 0.472. The van der Waals surface area contributed by atoms with Gasteiger partial charge in [0.15, 0.2) is 11.5 Å². The molecule has 0 aromatic heterocycles. The molecular formula is C26H32ClN3O5. The van der Waals surface area contributed by atoms with E-state index in [4.69, 9.17) is 21.1 Å². The van der Waals surface area contributed by atoms with Gasteiger partial charge in [-0.2, -0.15) is 0 Å². The lowest BCUT2D eigenvalue weighted by Gasteiger charge is -2.33. The minimum absolute atomic E-state index is 0.0675. The van der Waals surface area contributed by atoms with Gasteiger partial charge in [0.1, 0.15) is 0 Å². The number of piperidine rings is 1. The number of likely N-dealkylation sites (tertiary alicyclic amines) is 1. The fourth-order valence-electron chi connectivity index (χ4n) is 4.04. The lowest BCUT2D eigenvalue weighted by molar-refractivity contribution is -0.138. The van der Waals surface area contributed by atoms with Gasteiger partial charge >= 0.3 is 0 Å². The number of hydrogen-bond donors (Lipinski definition) is 1. The Morgan fingerprint density at radius 1 is 1.00 bits per heavy atom. The van der Waals surface area contributed by atoms with Crippen LogP contribution < -0.4 is 14.8 Å². The van der Waals surface area contributed by atoms with E-state index in [1.54, 1.807) is 54.4 Å². The maximum Gasteiger partial charge on any atom is 0.253 e. The quantitative estimate of drug-likeness (QED) is 0.559. The highest BCUT2D eigenvalue weighted by molar-refractivity contribution is 6.30. The Hall–Kier alpha value is -3.26. The first kappa shape index (κ1) is 26.3. The Morgan fingerprint density at radius 2 is 1.63 bits per heavy atom. The van der Waals surface area contributed by atoms with Crippen LogP contribution in [0.3, 0.4) is 0 Å². The van der Waals surface area contributed by atoms with Crippen molar-refractivity contribution >= 4 is 35.0 Å². The van der Waals surface area contributed by atoms with Crippen LogP contribution in [0.1, 0.15) is 37.0 Å². The van der Waals surface area contributed by atoms with Crippen molar-refractivity contribution in [1.82, 2.24) is 9.80 Å². The molecule has 0 saturated carbocycles. The average Bonchev–Trinajstić information content (AvgIpc) is 2.85. The number of anilines is 1. The van der Waals surface area contributed by atoms with Crippen LogP contribution in [-0.4, -0.2) is 67.4 Å². The monoisotopic (exact) mass is 501 g/mol. The average molecular weight is 502 g/mol. The third-order valence-electron chi connectivity index (χ3n) is 5.81. The third kappa shape index (κ3) is 7.11. The molecule has 0 spiro atoms. The molecule has 35 heavy (non-hydrogen) atoms. The number of halogens is 1. The second-order valence-electron chi connectivity index (χ2n) is 8.34. The molecule has 1 saturated heterocycles. The van der Waals surface area contributed by atoms with Crippen molar-refractivity contribution in [3.63, 3.8) is 0 Å². The van der Waals surface area contributed by atoms with E-state index in [0.29, 0.717) is 66.9 Å². The third-order valence-corrected chi connectivity index (χ3v) is 6.06. The van der Waals surface area contributed by atoms with Crippen LogP contribution in [0.2, 0.25) is 5.02 Å². The second-order valence-corrected chi connectivity index (χ2v) is 8.78. The molecular weight excluding hydrogens is 470 g/mol. The van der Waals surface area contributed by atoms with Gasteiger partial charge in [-0.1, -0.05) is 11.6 Å². The highest BCUT2D eigenvalue weighted by Gasteiger charge is 2.30. The van der Waals surface area contributed by atoms with Crippen molar-refractivity contribution in [3.8, 4) is 11.5 Å². The number of nitrogens with zero attached hydrogens (tertiary/aromatic N) is 2. The van der Waals surface area contributed by atoms with E-state index in [1.807, 2.05) is 13.8 Å². The number of rotatable bonds is 9. The number of likely N-dealkylation sites (N-methyl/N-ethyl adjacent to an activating group) is 1.